The minimum atomic E-state index is -3.88. The zero-order valence-electron chi connectivity index (χ0n) is 15.0. The van der Waals surface area contributed by atoms with Crippen molar-refractivity contribution in [3.8, 4) is 0 Å². The molecule has 0 saturated heterocycles. The van der Waals surface area contributed by atoms with Gasteiger partial charge in [0, 0.05) is 24.7 Å². The number of sulfonamides is 1. The Morgan fingerprint density at radius 3 is 2.63 bits per heavy atom. The molecule has 0 aliphatic rings. The number of amides is 2. The summed E-state index contributed by atoms with van der Waals surface area (Å²) in [6.45, 7) is 3.62. The van der Waals surface area contributed by atoms with E-state index in [-0.39, 0.29) is 29.7 Å². The average molecular weight is 391 g/mol. The van der Waals surface area contributed by atoms with Crippen LogP contribution in [0.1, 0.15) is 23.3 Å². The number of nitrogens with two attached hydrogens (primary N) is 1. The van der Waals surface area contributed by atoms with Crippen molar-refractivity contribution in [2.75, 3.05) is 11.9 Å². The monoisotopic (exact) mass is 391 g/mol. The zero-order valence-corrected chi connectivity index (χ0v) is 15.8. The van der Waals surface area contributed by atoms with Crippen molar-refractivity contribution in [1.29, 1.82) is 0 Å². The van der Waals surface area contributed by atoms with Gasteiger partial charge in [0.05, 0.1) is 11.2 Å². The molecule has 0 spiro atoms. The predicted octanol–water partition coefficient (Wildman–Crippen LogP) is 1.70. The lowest BCUT2D eigenvalue weighted by Crippen LogP contribution is -2.26. The number of carbonyl (C=O) groups excluding carboxylic acids is 2. The van der Waals surface area contributed by atoms with Crippen LogP contribution in [0, 0.1) is 13.8 Å². The molecule has 8 nitrogen and oxygen atoms in total. The number of anilines is 1. The summed E-state index contributed by atoms with van der Waals surface area (Å²) in [5.41, 5.74) is 1.79. The molecule has 2 amide bonds. The van der Waals surface area contributed by atoms with E-state index in [1.807, 2.05) is 0 Å². The predicted molar refractivity (Wildman–Crippen MR) is 101 cm³/mol. The van der Waals surface area contributed by atoms with Crippen LogP contribution >= 0.6 is 0 Å². The topological polar surface area (TPSA) is 132 Å². The van der Waals surface area contributed by atoms with Crippen molar-refractivity contribution in [1.82, 2.24) is 5.32 Å². The van der Waals surface area contributed by atoms with Crippen molar-refractivity contribution in [2.45, 2.75) is 25.2 Å². The highest BCUT2D eigenvalue weighted by molar-refractivity contribution is 7.89. The Morgan fingerprint density at radius 1 is 1.26 bits per heavy atom. The molecule has 144 valence electrons. The molecule has 0 bridgehead atoms. The average Bonchev–Trinajstić information content (AvgIpc) is 3.09. The molecule has 0 aliphatic heterocycles. The van der Waals surface area contributed by atoms with E-state index < -0.39 is 10.0 Å². The quantitative estimate of drug-likeness (QED) is 0.618. The second-order valence-electron chi connectivity index (χ2n) is 5.90. The molecule has 0 aliphatic carbocycles. The summed E-state index contributed by atoms with van der Waals surface area (Å²) in [6.07, 6.45) is 4.34. The fourth-order valence-corrected chi connectivity index (χ4v) is 2.86. The minimum absolute atomic E-state index is 0.0262. The first-order chi connectivity index (χ1) is 12.7. The molecule has 2 aromatic rings. The number of hydrogen-bond donors (Lipinski definition) is 3. The van der Waals surface area contributed by atoms with E-state index in [0.717, 1.165) is 5.56 Å². The van der Waals surface area contributed by atoms with Crippen molar-refractivity contribution >= 4 is 33.6 Å². The molecule has 1 aromatic heterocycles. The highest BCUT2D eigenvalue weighted by atomic mass is 32.2. The molecule has 2 rings (SSSR count). The molecule has 0 radical (unpaired) electrons. The number of carbonyl (C=O) groups is 2. The lowest BCUT2D eigenvalue weighted by Gasteiger charge is -2.13. The van der Waals surface area contributed by atoms with Crippen molar-refractivity contribution in [3.63, 3.8) is 0 Å². The smallest absolute Gasteiger partial charge is 0.244 e. The first-order valence-electron chi connectivity index (χ1n) is 8.10. The van der Waals surface area contributed by atoms with Crippen LogP contribution in [0.5, 0.6) is 0 Å². The Kier molecular flexibility index (Phi) is 6.54. The molecule has 0 atom stereocenters. The van der Waals surface area contributed by atoms with Gasteiger partial charge in [0.25, 0.3) is 0 Å². The van der Waals surface area contributed by atoms with Gasteiger partial charge in [-0.2, -0.15) is 0 Å². The lowest BCUT2D eigenvalue weighted by atomic mass is 10.1. The Hall–Kier alpha value is -2.91. The van der Waals surface area contributed by atoms with Crippen LogP contribution in [0.4, 0.5) is 5.69 Å². The summed E-state index contributed by atoms with van der Waals surface area (Å²) in [4.78, 5) is 23.7. The second kappa shape index (κ2) is 8.65. The van der Waals surface area contributed by atoms with Gasteiger partial charge in [0.15, 0.2) is 0 Å². The van der Waals surface area contributed by atoms with E-state index >= 15 is 0 Å². The zero-order chi connectivity index (χ0) is 20.0. The van der Waals surface area contributed by atoms with Gasteiger partial charge < -0.3 is 15.1 Å². The van der Waals surface area contributed by atoms with Crippen molar-refractivity contribution < 1.29 is 22.4 Å². The molecule has 1 aromatic carbocycles. The van der Waals surface area contributed by atoms with E-state index in [0.29, 0.717) is 17.0 Å². The fraction of sp³-hybridized carbons (Fsp3) is 0.222. The molecule has 0 saturated carbocycles. The lowest BCUT2D eigenvalue weighted by molar-refractivity contribution is -0.117. The number of furan rings is 1. The summed E-state index contributed by atoms with van der Waals surface area (Å²) < 4.78 is 28.1. The van der Waals surface area contributed by atoms with Gasteiger partial charge in [-0.1, -0.05) is 0 Å². The van der Waals surface area contributed by atoms with Crippen LogP contribution in [0.2, 0.25) is 0 Å². The highest BCUT2D eigenvalue weighted by Crippen LogP contribution is 2.23. The molecule has 9 heteroatoms. The molecule has 0 unspecified atom stereocenters. The highest BCUT2D eigenvalue weighted by Gasteiger charge is 2.14. The summed E-state index contributed by atoms with van der Waals surface area (Å²) in [6, 6.07) is 6.18. The van der Waals surface area contributed by atoms with Crippen LogP contribution in [-0.4, -0.2) is 26.8 Å². The maximum Gasteiger partial charge on any atom is 0.244 e. The minimum Gasteiger partial charge on any atom is -0.465 e. The maximum atomic E-state index is 12.1. The van der Waals surface area contributed by atoms with Crippen LogP contribution in [0.25, 0.3) is 6.08 Å². The van der Waals surface area contributed by atoms with Crippen LogP contribution in [-0.2, 0) is 19.6 Å². The second-order valence-corrected chi connectivity index (χ2v) is 7.46. The number of rotatable bonds is 7. The van der Waals surface area contributed by atoms with E-state index in [9.17, 15) is 18.0 Å². The molecule has 0 fully saturated rings. The molecular formula is C18H21N3O5S. The molecule has 4 N–H and O–H groups in total. The Labute approximate surface area is 157 Å². The number of hydrogen-bond acceptors (Lipinski definition) is 5. The van der Waals surface area contributed by atoms with Gasteiger partial charge in [-0.05, 0) is 55.3 Å². The number of benzene rings is 1. The van der Waals surface area contributed by atoms with Gasteiger partial charge in [-0.15, -0.1) is 0 Å². The van der Waals surface area contributed by atoms with Crippen LogP contribution < -0.4 is 15.8 Å². The van der Waals surface area contributed by atoms with Gasteiger partial charge in [0.1, 0.15) is 5.76 Å². The molecular weight excluding hydrogens is 370 g/mol. The number of nitrogens with one attached hydrogen (secondary N) is 2. The van der Waals surface area contributed by atoms with Crippen LogP contribution in [0.15, 0.2) is 45.9 Å². The third kappa shape index (κ3) is 6.08. The molecule has 27 heavy (non-hydrogen) atoms. The first kappa shape index (κ1) is 20.4. The third-order valence-electron chi connectivity index (χ3n) is 3.84. The maximum absolute atomic E-state index is 12.1. The van der Waals surface area contributed by atoms with E-state index in [4.69, 9.17) is 9.56 Å². The summed E-state index contributed by atoms with van der Waals surface area (Å²) >= 11 is 0. The SMILES string of the molecule is Cc1cc(S(N)(=O)=O)cc(NC(=O)CCNC(=O)/C=C/c2ccco2)c1C. The number of primary sulfonamides is 1. The van der Waals surface area contributed by atoms with E-state index in [1.54, 1.807) is 26.0 Å². The van der Waals surface area contributed by atoms with Gasteiger partial charge in [-0.25, -0.2) is 13.6 Å². The summed E-state index contributed by atoms with van der Waals surface area (Å²) in [5, 5.41) is 10.4. The molecule has 1 heterocycles. The Bertz CT molecular complexity index is 963. The van der Waals surface area contributed by atoms with E-state index in [1.165, 1.54) is 30.5 Å². The Morgan fingerprint density at radius 2 is 2.00 bits per heavy atom. The normalized spacial score (nSPS) is 11.5. The number of aryl methyl sites for hydroxylation is 1. The Balaban J connectivity index is 1.90. The fourth-order valence-electron chi connectivity index (χ4n) is 2.24. The van der Waals surface area contributed by atoms with Crippen molar-refractivity contribution in [2.24, 2.45) is 5.14 Å². The van der Waals surface area contributed by atoms with E-state index in [2.05, 4.69) is 10.6 Å². The van der Waals surface area contributed by atoms with Gasteiger partial charge >= 0.3 is 0 Å². The standard InChI is InChI=1S/C18H21N3O5S/c1-12-10-15(27(19,24)25)11-16(13(12)2)21-18(23)7-8-20-17(22)6-5-14-4-3-9-26-14/h3-6,9-11H,7-8H2,1-2H3,(H,20,22)(H,21,23)(H2,19,24,25)/b6-5+. The summed E-state index contributed by atoms with van der Waals surface area (Å²) in [7, 11) is -3.88. The first-order valence-corrected chi connectivity index (χ1v) is 9.65. The third-order valence-corrected chi connectivity index (χ3v) is 4.73. The van der Waals surface area contributed by atoms with Gasteiger partial charge in [-0.3, -0.25) is 9.59 Å². The van der Waals surface area contributed by atoms with Crippen molar-refractivity contribution in [3.05, 3.63) is 53.5 Å². The van der Waals surface area contributed by atoms with Crippen LogP contribution in [0.3, 0.4) is 0 Å². The van der Waals surface area contributed by atoms with Gasteiger partial charge in [0.2, 0.25) is 21.8 Å². The summed E-state index contributed by atoms with van der Waals surface area (Å²) in [5.74, 6) is -0.176. The largest absolute Gasteiger partial charge is 0.465 e.